The molecule has 2 aromatic carbocycles. The van der Waals surface area contributed by atoms with Gasteiger partial charge in [-0.1, -0.05) is 41.2 Å². The summed E-state index contributed by atoms with van der Waals surface area (Å²) in [5.74, 6) is 3.26. The first kappa shape index (κ1) is 19.0. The summed E-state index contributed by atoms with van der Waals surface area (Å²) in [6, 6.07) is 15.2. The highest BCUT2D eigenvalue weighted by atomic mass is 32.2. The van der Waals surface area contributed by atoms with Gasteiger partial charge in [0.05, 0.1) is 12.9 Å². The summed E-state index contributed by atoms with van der Waals surface area (Å²) in [6.45, 7) is 2.21. The van der Waals surface area contributed by atoms with E-state index in [2.05, 4.69) is 20.3 Å². The van der Waals surface area contributed by atoms with E-state index in [1.807, 2.05) is 55.5 Å². The Morgan fingerprint density at radius 3 is 2.72 bits per heavy atom. The minimum Gasteiger partial charge on any atom is -0.497 e. The number of thioether (sulfide) groups is 1. The molecular formula is C20H18N4O4S. The number of ether oxygens (including phenoxy) is 2. The van der Waals surface area contributed by atoms with E-state index in [1.165, 1.54) is 11.8 Å². The highest BCUT2D eigenvalue weighted by Gasteiger charge is 2.13. The molecule has 148 valence electrons. The second kappa shape index (κ2) is 8.78. The summed E-state index contributed by atoms with van der Waals surface area (Å²) in [5, 5.41) is 12.4. The molecule has 2 aromatic heterocycles. The van der Waals surface area contributed by atoms with E-state index in [0.29, 0.717) is 28.6 Å². The zero-order chi connectivity index (χ0) is 20.1. The van der Waals surface area contributed by atoms with Gasteiger partial charge in [-0.15, -0.1) is 10.2 Å². The van der Waals surface area contributed by atoms with Crippen LogP contribution in [0.5, 0.6) is 11.5 Å². The van der Waals surface area contributed by atoms with Crippen LogP contribution in [0.2, 0.25) is 0 Å². The molecule has 0 aliphatic heterocycles. The van der Waals surface area contributed by atoms with Crippen molar-refractivity contribution in [2.24, 2.45) is 0 Å². The molecule has 0 N–H and O–H groups in total. The summed E-state index contributed by atoms with van der Waals surface area (Å²) >= 11 is 1.32. The molecule has 4 aromatic rings. The van der Waals surface area contributed by atoms with Crippen LogP contribution in [0.3, 0.4) is 0 Å². The van der Waals surface area contributed by atoms with E-state index in [4.69, 9.17) is 18.4 Å². The summed E-state index contributed by atoms with van der Waals surface area (Å²) < 4.78 is 21.8. The van der Waals surface area contributed by atoms with Gasteiger partial charge in [-0.3, -0.25) is 0 Å². The molecule has 0 fully saturated rings. The molecule has 0 bridgehead atoms. The summed E-state index contributed by atoms with van der Waals surface area (Å²) in [7, 11) is 1.61. The van der Waals surface area contributed by atoms with Crippen molar-refractivity contribution in [2.45, 2.75) is 24.5 Å². The third kappa shape index (κ3) is 4.94. The Bertz CT molecular complexity index is 1100. The number of nitrogens with zero attached hydrogens (tertiary/aromatic N) is 4. The monoisotopic (exact) mass is 410 g/mol. The molecule has 0 saturated heterocycles. The molecule has 0 aliphatic carbocycles. The predicted octanol–water partition coefficient (Wildman–Crippen LogP) is 4.31. The molecular weight excluding hydrogens is 392 g/mol. The Balaban J connectivity index is 1.32. The van der Waals surface area contributed by atoms with Crippen LogP contribution in [-0.4, -0.2) is 27.4 Å². The van der Waals surface area contributed by atoms with E-state index in [0.717, 1.165) is 22.6 Å². The van der Waals surface area contributed by atoms with Crippen LogP contribution < -0.4 is 9.47 Å². The molecule has 0 saturated carbocycles. The maximum Gasteiger partial charge on any atom is 0.277 e. The first-order valence-corrected chi connectivity index (χ1v) is 9.80. The smallest absolute Gasteiger partial charge is 0.277 e. The Labute approximate surface area is 171 Å². The number of hydrogen-bond donors (Lipinski definition) is 0. The quantitative estimate of drug-likeness (QED) is 0.394. The Morgan fingerprint density at radius 1 is 1.00 bits per heavy atom. The maximum absolute atomic E-state index is 5.66. The standard InChI is InChI=1S/C20H18N4O4S/c1-13-5-3-8-16(9-13)26-11-17-22-23-20(27-17)29-12-18-21-19(24-28-18)14-6-4-7-15(10-14)25-2/h3-10H,11-12H2,1-2H3. The third-order valence-corrected chi connectivity index (χ3v) is 4.72. The summed E-state index contributed by atoms with van der Waals surface area (Å²) in [4.78, 5) is 4.39. The SMILES string of the molecule is COc1cccc(-c2noc(CSc3nnc(COc4cccc(C)c4)o3)n2)c1. The van der Waals surface area contributed by atoms with E-state index in [-0.39, 0.29) is 6.61 Å². The van der Waals surface area contributed by atoms with Gasteiger partial charge in [0, 0.05) is 5.56 Å². The van der Waals surface area contributed by atoms with Crippen LogP contribution in [0.4, 0.5) is 0 Å². The average Bonchev–Trinajstić information content (AvgIpc) is 3.40. The van der Waals surface area contributed by atoms with Gasteiger partial charge >= 0.3 is 0 Å². The molecule has 0 radical (unpaired) electrons. The van der Waals surface area contributed by atoms with Gasteiger partial charge < -0.3 is 18.4 Å². The average molecular weight is 410 g/mol. The van der Waals surface area contributed by atoms with Gasteiger partial charge in [0.2, 0.25) is 11.7 Å². The van der Waals surface area contributed by atoms with Gasteiger partial charge in [0.25, 0.3) is 11.1 Å². The molecule has 29 heavy (non-hydrogen) atoms. The Morgan fingerprint density at radius 2 is 1.86 bits per heavy atom. The van der Waals surface area contributed by atoms with Crippen LogP contribution in [0.15, 0.2) is 62.7 Å². The number of rotatable bonds is 8. The molecule has 4 rings (SSSR count). The van der Waals surface area contributed by atoms with Crippen molar-refractivity contribution in [2.75, 3.05) is 7.11 Å². The van der Waals surface area contributed by atoms with E-state index >= 15 is 0 Å². The molecule has 2 heterocycles. The minimum absolute atomic E-state index is 0.206. The van der Waals surface area contributed by atoms with Gasteiger partial charge in [0.1, 0.15) is 11.5 Å². The predicted molar refractivity (Wildman–Crippen MR) is 106 cm³/mol. The van der Waals surface area contributed by atoms with Crippen molar-refractivity contribution < 1.29 is 18.4 Å². The van der Waals surface area contributed by atoms with Crippen LogP contribution in [-0.2, 0) is 12.4 Å². The van der Waals surface area contributed by atoms with Gasteiger partial charge in [-0.2, -0.15) is 4.98 Å². The highest BCUT2D eigenvalue weighted by Crippen LogP contribution is 2.25. The fourth-order valence-electron chi connectivity index (χ4n) is 2.52. The van der Waals surface area contributed by atoms with Crippen molar-refractivity contribution in [3.05, 3.63) is 65.9 Å². The van der Waals surface area contributed by atoms with Crippen LogP contribution in [0.25, 0.3) is 11.4 Å². The number of aryl methyl sites for hydroxylation is 1. The molecule has 0 amide bonds. The molecule has 0 aliphatic rings. The molecule has 0 unspecified atom stereocenters. The topological polar surface area (TPSA) is 96.3 Å². The fraction of sp³-hybridized carbons (Fsp3) is 0.200. The molecule has 0 atom stereocenters. The summed E-state index contributed by atoms with van der Waals surface area (Å²) in [6.07, 6.45) is 0. The first-order valence-electron chi connectivity index (χ1n) is 8.81. The number of aromatic nitrogens is 4. The van der Waals surface area contributed by atoms with Crippen molar-refractivity contribution >= 4 is 11.8 Å². The van der Waals surface area contributed by atoms with E-state index in [9.17, 15) is 0 Å². The maximum atomic E-state index is 5.66. The normalized spacial score (nSPS) is 10.8. The van der Waals surface area contributed by atoms with Crippen molar-refractivity contribution in [1.82, 2.24) is 20.3 Å². The van der Waals surface area contributed by atoms with E-state index in [1.54, 1.807) is 7.11 Å². The van der Waals surface area contributed by atoms with Crippen LogP contribution in [0, 0.1) is 6.92 Å². The minimum atomic E-state index is 0.206. The fourth-order valence-corrected chi connectivity index (χ4v) is 3.14. The number of methoxy groups -OCH3 is 1. The van der Waals surface area contributed by atoms with Crippen molar-refractivity contribution in [1.29, 1.82) is 0 Å². The van der Waals surface area contributed by atoms with Crippen LogP contribution >= 0.6 is 11.8 Å². The molecule has 8 nitrogen and oxygen atoms in total. The summed E-state index contributed by atoms with van der Waals surface area (Å²) in [5.41, 5.74) is 1.94. The van der Waals surface area contributed by atoms with Gasteiger partial charge in [0.15, 0.2) is 6.61 Å². The lowest BCUT2D eigenvalue weighted by Crippen LogP contribution is -1.95. The first-order chi connectivity index (χ1) is 14.2. The second-order valence-electron chi connectivity index (χ2n) is 6.10. The number of benzene rings is 2. The van der Waals surface area contributed by atoms with Crippen molar-refractivity contribution in [3.8, 4) is 22.9 Å². The molecule has 0 spiro atoms. The molecule has 9 heteroatoms. The van der Waals surface area contributed by atoms with Crippen LogP contribution in [0.1, 0.15) is 17.3 Å². The highest BCUT2D eigenvalue weighted by molar-refractivity contribution is 7.98. The zero-order valence-corrected chi connectivity index (χ0v) is 16.7. The van der Waals surface area contributed by atoms with Gasteiger partial charge in [-0.05, 0) is 36.8 Å². The lowest BCUT2D eigenvalue weighted by Gasteiger charge is -2.03. The largest absolute Gasteiger partial charge is 0.497 e. The zero-order valence-electron chi connectivity index (χ0n) is 15.9. The lowest BCUT2D eigenvalue weighted by molar-refractivity contribution is 0.252. The lowest BCUT2D eigenvalue weighted by atomic mass is 10.2. The second-order valence-corrected chi connectivity index (χ2v) is 7.03. The number of hydrogen-bond acceptors (Lipinski definition) is 9. The van der Waals surface area contributed by atoms with Crippen molar-refractivity contribution in [3.63, 3.8) is 0 Å². The van der Waals surface area contributed by atoms with E-state index < -0.39 is 0 Å². The Hall–Kier alpha value is -3.33. The Kier molecular flexibility index (Phi) is 5.76. The van der Waals surface area contributed by atoms with Gasteiger partial charge in [-0.25, -0.2) is 0 Å². The third-order valence-electron chi connectivity index (χ3n) is 3.92.